The number of carbonyl (C=O) groups is 1. The molecule has 1 aromatic carbocycles. The number of hydrogen-bond acceptors (Lipinski definition) is 5. The summed E-state index contributed by atoms with van der Waals surface area (Å²) in [7, 11) is 0. The summed E-state index contributed by atoms with van der Waals surface area (Å²) >= 11 is 0. The SMILES string of the molecule is Cc1nc(=O)[nH]c(C)c1CCC(=O)Nc1noc2ccc(F)cc12. The van der Waals surface area contributed by atoms with Crippen LogP contribution in [0, 0.1) is 19.7 Å². The van der Waals surface area contributed by atoms with Crippen LogP contribution >= 0.6 is 0 Å². The number of benzene rings is 1. The van der Waals surface area contributed by atoms with Crippen molar-refractivity contribution in [2.45, 2.75) is 26.7 Å². The molecule has 1 amide bonds. The van der Waals surface area contributed by atoms with Crippen LogP contribution in [-0.2, 0) is 11.2 Å². The van der Waals surface area contributed by atoms with Gasteiger partial charge in [-0.25, -0.2) is 9.18 Å². The number of amides is 1. The lowest BCUT2D eigenvalue weighted by molar-refractivity contribution is -0.116. The van der Waals surface area contributed by atoms with Gasteiger partial charge < -0.3 is 14.8 Å². The summed E-state index contributed by atoms with van der Waals surface area (Å²) in [5.74, 6) is -0.547. The number of H-pyrrole nitrogens is 1. The number of anilines is 1. The van der Waals surface area contributed by atoms with Gasteiger partial charge in [-0.05, 0) is 44.0 Å². The molecule has 0 aliphatic carbocycles. The summed E-state index contributed by atoms with van der Waals surface area (Å²) in [5, 5.41) is 6.76. The van der Waals surface area contributed by atoms with Gasteiger partial charge in [0.15, 0.2) is 11.4 Å². The molecule has 0 saturated carbocycles. The van der Waals surface area contributed by atoms with Gasteiger partial charge in [0.1, 0.15) is 5.82 Å². The molecule has 0 bridgehead atoms. The summed E-state index contributed by atoms with van der Waals surface area (Å²) in [5.41, 5.74) is 2.09. The van der Waals surface area contributed by atoms with Crippen LogP contribution < -0.4 is 11.0 Å². The van der Waals surface area contributed by atoms with Gasteiger partial charge in [-0.15, -0.1) is 0 Å². The lowest BCUT2D eigenvalue weighted by Gasteiger charge is -2.08. The Hall–Kier alpha value is -3.03. The average molecular weight is 330 g/mol. The lowest BCUT2D eigenvalue weighted by atomic mass is 10.1. The molecule has 0 radical (unpaired) electrons. The number of rotatable bonds is 4. The topological polar surface area (TPSA) is 101 Å². The van der Waals surface area contributed by atoms with Crippen LogP contribution in [0.5, 0.6) is 0 Å². The minimum Gasteiger partial charge on any atom is -0.354 e. The molecular weight excluding hydrogens is 315 g/mol. The van der Waals surface area contributed by atoms with E-state index in [1.807, 2.05) is 0 Å². The molecule has 0 aliphatic rings. The second-order valence-corrected chi connectivity index (χ2v) is 5.45. The van der Waals surface area contributed by atoms with E-state index < -0.39 is 11.5 Å². The maximum absolute atomic E-state index is 13.3. The number of halogens is 1. The van der Waals surface area contributed by atoms with Crippen LogP contribution in [0.3, 0.4) is 0 Å². The van der Waals surface area contributed by atoms with E-state index in [2.05, 4.69) is 20.4 Å². The van der Waals surface area contributed by atoms with E-state index in [0.717, 1.165) is 5.56 Å². The van der Waals surface area contributed by atoms with Crippen molar-refractivity contribution in [1.29, 1.82) is 0 Å². The molecule has 24 heavy (non-hydrogen) atoms. The van der Waals surface area contributed by atoms with E-state index in [9.17, 15) is 14.0 Å². The number of nitrogens with zero attached hydrogens (tertiary/aromatic N) is 2. The maximum Gasteiger partial charge on any atom is 0.345 e. The van der Waals surface area contributed by atoms with Gasteiger partial charge in [0.25, 0.3) is 0 Å². The predicted octanol–water partition coefficient (Wildman–Crippen LogP) is 2.24. The maximum atomic E-state index is 13.3. The largest absolute Gasteiger partial charge is 0.354 e. The summed E-state index contributed by atoms with van der Waals surface area (Å²) < 4.78 is 18.3. The first-order valence-corrected chi connectivity index (χ1v) is 7.35. The van der Waals surface area contributed by atoms with E-state index >= 15 is 0 Å². The number of aromatic amines is 1. The van der Waals surface area contributed by atoms with E-state index in [0.29, 0.717) is 28.8 Å². The fraction of sp³-hybridized carbons (Fsp3) is 0.250. The Bertz CT molecular complexity index is 951. The molecule has 7 nitrogen and oxygen atoms in total. The highest BCUT2D eigenvalue weighted by molar-refractivity contribution is 5.98. The normalized spacial score (nSPS) is 11.0. The van der Waals surface area contributed by atoms with E-state index in [1.165, 1.54) is 18.2 Å². The zero-order valence-corrected chi connectivity index (χ0v) is 13.1. The Morgan fingerprint density at radius 1 is 1.38 bits per heavy atom. The number of fused-ring (bicyclic) bond motifs is 1. The number of aryl methyl sites for hydroxylation is 2. The number of aromatic nitrogens is 3. The molecule has 8 heteroatoms. The highest BCUT2D eigenvalue weighted by atomic mass is 19.1. The Morgan fingerprint density at radius 2 is 2.17 bits per heavy atom. The van der Waals surface area contributed by atoms with Gasteiger partial charge >= 0.3 is 5.69 Å². The molecule has 3 rings (SSSR count). The minimum absolute atomic E-state index is 0.166. The lowest BCUT2D eigenvalue weighted by Crippen LogP contribution is -2.18. The minimum atomic E-state index is -0.438. The molecule has 0 atom stereocenters. The van der Waals surface area contributed by atoms with Crippen molar-refractivity contribution in [1.82, 2.24) is 15.1 Å². The fourth-order valence-corrected chi connectivity index (χ4v) is 2.56. The quantitative estimate of drug-likeness (QED) is 0.764. The van der Waals surface area contributed by atoms with Crippen molar-refractivity contribution in [2.24, 2.45) is 0 Å². The predicted molar refractivity (Wildman–Crippen MR) is 85.2 cm³/mol. The van der Waals surface area contributed by atoms with Crippen molar-refractivity contribution >= 4 is 22.7 Å². The van der Waals surface area contributed by atoms with Gasteiger partial charge in [0.05, 0.1) is 5.39 Å². The third kappa shape index (κ3) is 3.17. The van der Waals surface area contributed by atoms with Gasteiger partial charge in [-0.3, -0.25) is 4.79 Å². The summed E-state index contributed by atoms with van der Waals surface area (Å²) in [6.07, 6.45) is 0.580. The van der Waals surface area contributed by atoms with Gasteiger partial charge in [0.2, 0.25) is 5.91 Å². The molecule has 3 aromatic rings. The van der Waals surface area contributed by atoms with Crippen LogP contribution in [0.25, 0.3) is 11.0 Å². The summed E-state index contributed by atoms with van der Waals surface area (Å²) in [6.45, 7) is 3.49. The van der Waals surface area contributed by atoms with E-state index in [4.69, 9.17) is 4.52 Å². The monoisotopic (exact) mass is 330 g/mol. The summed E-state index contributed by atoms with van der Waals surface area (Å²) in [4.78, 5) is 29.8. The number of carbonyl (C=O) groups excluding carboxylic acids is 1. The number of nitrogens with one attached hydrogen (secondary N) is 2. The zero-order chi connectivity index (χ0) is 17.3. The zero-order valence-electron chi connectivity index (χ0n) is 13.1. The molecule has 0 aliphatic heterocycles. The standard InChI is InChI=1S/C16H15FN4O3/c1-8-11(9(2)19-16(23)18-8)4-6-14(22)20-15-12-7-10(17)3-5-13(12)24-21-15/h3,5,7H,4,6H2,1-2H3,(H,18,19,23)(H,20,21,22). The van der Waals surface area contributed by atoms with Crippen LogP contribution in [0.1, 0.15) is 23.4 Å². The molecule has 0 spiro atoms. The van der Waals surface area contributed by atoms with Crippen molar-refractivity contribution in [3.05, 3.63) is 51.5 Å². The molecule has 0 fully saturated rings. The molecule has 2 heterocycles. The summed E-state index contributed by atoms with van der Waals surface area (Å²) in [6, 6.07) is 3.96. The van der Waals surface area contributed by atoms with Gasteiger partial charge in [-0.1, -0.05) is 5.16 Å². The second kappa shape index (κ2) is 6.23. The van der Waals surface area contributed by atoms with Crippen molar-refractivity contribution in [2.75, 3.05) is 5.32 Å². The first-order chi connectivity index (χ1) is 11.4. The molecule has 0 unspecified atom stereocenters. The van der Waals surface area contributed by atoms with Gasteiger partial charge in [-0.2, -0.15) is 4.98 Å². The average Bonchev–Trinajstić information content (AvgIpc) is 2.88. The molecule has 2 N–H and O–H groups in total. The molecule has 0 saturated heterocycles. The third-order valence-corrected chi connectivity index (χ3v) is 3.74. The van der Waals surface area contributed by atoms with Gasteiger partial charge in [0, 0.05) is 17.8 Å². The van der Waals surface area contributed by atoms with Crippen LogP contribution in [0.4, 0.5) is 10.2 Å². The van der Waals surface area contributed by atoms with E-state index in [1.54, 1.807) is 13.8 Å². The molecule has 124 valence electrons. The van der Waals surface area contributed by atoms with Crippen LogP contribution in [0.2, 0.25) is 0 Å². The van der Waals surface area contributed by atoms with Crippen LogP contribution in [0.15, 0.2) is 27.5 Å². The van der Waals surface area contributed by atoms with Crippen molar-refractivity contribution in [3.8, 4) is 0 Å². The molecule has 2 aromatic heterocycles. The van der Waals surface area contributed by atoms with E-state index in [-0.39, 0.29) is 18.1 Å². The Kier molecular flexibility index (Phi) is 4.11. The Morgan fingerprint density at radius 3 is 2.92 bits per heavy atom. The smallest absolute Gasteiger partial charge is 0.345 e. The number of hydrogen-bond donors (Lipinski definition) is 2. The molecular formula is C16H15FN4O3. The highest BCUT2D eigenvalue weighted by Gasteiger charge is 2.13. The third-order valence-electron chi connectivity index (χ3n) is 3.74. The Labute approximate surface area is 135 Å². The van der Waals surface area contributed by atoms with Crippen molar-refractivity contribution in [3.63, 3.8) is 0 Å². The fourth-order valence-electron chi connectivity index (χ4n) is 2.56. The van der Waals surface area contributed by atoms with Crippen LogP contribution in [-0.4, -0.2) is 21.0 Å². The van der Waals surface area contributed by atoms with Crippen molar-refractivity contribution < 1.29 is 13.7 Å². The Balaban J connectivity index is 1.72. The first kappa shape index (κ1) is 15.9. The first-order valence-electron chi connectivity index (χ1n) is 7.35. The second-order valence-electron chi connectivity index (χ2n) is 5.45. The highest BCUT2D eigenvalue weighted by Crippen LogP contribution is 2.23.